The van der Waals surface area contributed by atoms with E-state index in [-0.39, 0.29) is 11.9 Å². The van der Waals surface area contributed by atoms with Crippen molar-refractivity contribution in [1.29, 1.82) is 0 Å². The summed E-state index contributed by atoms with van der Waals surface area (Å²) >= 11 is 9.51. The Morgan fingerprint density at radius 3 is 2.45 bits per heavy atom. The van der Waals surface area contributed by atoms with Gasteiger partial charge in [-0.3, -0.25) is 0 Å². The SMILES string of the molecule is NC(N)=Nc1nc(-c2ccc(Br)cc2)c2cc(Cl)ccc2n1. The smallest absolute Gasteiger partial charge is 0.253 e. The van der Waals surface area contributed by atoms with Crippen molar-refractivity contribution in [3.8, 4) is 11.3 Å². The number of benzene rings is 2. The highest BCUT2D eigenvalue weighted by atomic mass is 79.9. The molecule has 0 bridgehead atoms. The third kappa shape index (κ3) is 3.03. The average Bonchev–Trinajstić information content (AvgIpc) is 2.47. The normalized spacial score (nSPS) is 10.6. The molecular formula is C15H11BrClN5. The van der Waals surface area contributed by atoms with E-state index in [9.17, 15) is 0 Å². The summed E-state index contributed by atoms with van der Waals surface area (Å²) in [7, 11) is 0. The molecule has 0 spiro atoms. The van der Waals surface area contributed by atoms with Gasteiger partial charge in [-0.25, -0.2) is 9.97 Å². The van der Waals surface area contributed by atoms with Crippen LogP contribution in [-0.4, -0.2) is 15.9 Å². The zero-order valence-electron chi connectivity index (χ0n) is 11.3. The molecule has 0 fully saturated rings. The Labute approximate surface area is 140 Å². The molecule has 7 heteroatoms. The van der Waals surface area contributed by atoms with Gasteiger partial charge in [0.05, 0.1) is 11.2 Å². The van der Waals surface area contributed by atoms with Crippen molar-refractivity contribution in [2.45, 2.75) is 0 Å². The summed E-state index contributed by atoms with van der Waals surface area (Å²) in [5.41, 5.74) is 13.2. The lowest BCUT2D eigenvalue weighted by Gasteiger charge is -2.08. The number of rotatable bonds is 2. The second-order valence-electron chi connectivity index (χ2n) is 4.58. The fourth-order valence-electron chi connectivity index (χ4n) is 2.08. The van der Waals surface area contributed by atoms with Crippen LogP contribution in [0.25, 0.3) is 22.2 Å². The zero-order valence-corrected chi connectivity index (χ0v) is 13.6. The fraction of sp³-hybridized carbons (Fsp3) is 0. The van der Waals surface area contributed by atoms with Gasteiger partial charge in [0.15, 0.2) is 5.96 Å². The Kier molecular flexibility index (Phi) is 3.96. The van der Waals surface area contributed by atoms with Crippen molar-refractivity contribution in [2.24, 2.45) is 16.5 Å². The molecule has 0 aliphatic carbocycles. The number of aliphatic imine (C=N–C) groups is 1. The molecule has 1 heterocycles. The van der Waals surface area contributed by atoms with Crippen LogP contribution < -0.4 is 11.5 Å². The molecule has 2 aromatic carbocycles. The molecule has 0 unspecified atom stereocenters. The summed E-state index contributed by atoms with van der Waals surface area (Å²) in [6, 6.07) is 13.2. The lowest BCUT2D eigenvalue weighted by atomic mass is 10.1. The van der Waals surface area contributed by atoms with E-state index in [0.29, 0.717) is 5.02 Å². The first-order valence-electron chi connectivity index (χ1n) is 6.36. The summed E-state index contributed by atoms with van der Waals surface area (Å²) in [5.74, 6) is 0.128. The molecular weight excluding hydrogens is 366 g/mol. The van der Waals surface area contributed by atoms with Crippen molar-refractivity contribution < 1.29 is 0 Å². The first kappa shape index (κ1) is 14.7. The summed E-state index contributed by atoms with van der Waals surface area (Å²) in [4.78, 5) is 12.7. The predicted octanol–water partition coefficient (Wildman–Crippen LogP) is 3.62. The molecule has 22 heavy (non-hydrogen) atoms. The highest BCUT2D eigenvalue weighted by Crippen LogP contribution is 2.30. The van der Waals surface area contributed by atoms with Crippen molar-refractivity contribution in [3.05, 3.63) is 52.0 Å². The van der Waals surface area contributed by atoms with Gasteiger partial charge in [-0.2, -0.15) is 4.99 Å². The van der Waals surface area contributed by atoms with Gasteiger partial charge < -0.3 is 11.5 Å². The molecule has 5 nitrogen and oxygen atoms in total. The van der Waals surface area contributed by atoms with E-state index in [1.54, 1.807) is 6.07 Å². The minimum Gasteiger partial charge on any atom is -0.370 e. The molecule has 4 N–H and O–H groups in total. The molecule has 3 aromatic rings. The van der Waals surface area contributed by atoms with Crippen LogP contribution in [0.1, 0.15) is 0 Å². The predicted molar refractivity (Wildman–Crippen MR) is 93.2 cm³/mol. The van der Waals surface area contributed by atoms with E-state index in [0.717, 1.165) is 26.6 Å². The highest BCUT2D eigenvalue weighted by molar-refractivity contribution is 9.10. The van der Waals surface area contributed by atoms with E-state index in [1.165, 1.54) is 0 Å². The Morgan fingerprint density at radius 1 is 1.05 bits per heavy atom. The van der Waals surface area contributed by atoms with Crippen LogP contribution in [0.5, 0.6) is 0 Å². The van der Waals surface area contributed by atoms with Crippen LogP contribution in [0, 0.1) is 0 Å². The largest absolute Gasteiger partial charge is 0.370 e. The van der Waals surface area contributed by atoms with Crippen LogP contribution in [-0.2, 0) is 0 Å². The lowest BCUT2D eigenvalue weighted by molar-refractivity contribution is 1.17. The maximum absolute atomic E-state index is 6.10. The van der Waals surface area contributed by atoms with E-state index in [2.05, 4.69) is 30.9 Å². The van der Waals surface area contributed by atoms with Crippen LogP contribution in [0.15, 0.2) is 51.9 Å². The molecule has 110 valence electrons. The number of aromatic nitrogens is 2. The minimum atomic E-state index is -0.0879. The fourth-order valence-corrected chi connectivity index (χ4v) is 2.52. The Balaban J connectivity index is 2.31. The zero-order chi connectivity index (χ0) is 15.7. The summed E-state index contributed by atoms with van der Waals surface area (Å²) in [5, 5.41) is 1.45. The topological polar surface area (TPSA) is 90.2 Å². The van der Waals surface area contributed by atoms with Gasteiger partial charge in [0, 0.05) is 20.4 Å². The minimum absolute atomic E-state index is 0.0879. The number of guanidine groups is 1. The number of fused-ring (bicyclic) bond motifs is 1. The van der Waals surface area contributed by atoms with E-state index in [1.807, 2.05) is 36.4 Å². The number of nitrogens with two attached hydrogens (primary N) is 2. The third-order valence-corrected chi connectivity index (χ3v) is 3.76. The molecule has 1 aromatic heterocycles. The standard InChI is InChI=1S/C15H11BrClN5/c16-9-3-1-8(2-4-9)13-11-7-10(17)5-6-12(11)20-15(21-13)22-14(18)19/h1-7H,(H4,18,19,20,21,22). The Bertz CT molecular complexity index is 873. The number of nitrogens with zero attached hydrogens (tertiary/aromatic N) is 3. The van der Waals surface area contributed by atoms with Gasteiger partial charge in [0.1, 0.15) is 0 Å². The maximum atomic E-state index is 6.10. The lowest BCUT2D eigenvalue weighted by Crippen LogP contribution is -2.22. The first-order valence-corrected chi connectivity index (χ1v) is 7.53. The first-order chi connectivity index (χ1) is 10.5. The number of halogens is 2. The van der Waals surface area contributed by atoms with Gasteiger partial charge in [-0.05, 0) is 30.3 Å². The highest BCUT2D eigenvalue weighted by Gasteiger charge is 2.10. The Hall–Kier alpha value is -2.18. The van der Waals surface area contributed by atoms with Crippen LogP contribution in [0.2, 0.25) is 5.02 Å². The van der Waals surface area contributed by atoms with Crippen LogP contribution in [0.3, 0.4) is 0 Å². The summed E-state index contributed by atoms with van der Waals surface area (Å²) in [6.45, 7) is 0. The molecule has 0 atom stereocenters. The number of hydrogen-bond donors (Lipinski definition) is 2. The molecule has 3 rings (SSSR count). The van der Waals surface area contributed by atoms with Gasteiger partial charge in [-0.15, -0.1) is 0 Å². The van der Waals surface area contributed by atoms with Gasteiger partial charge in [0.25, 0.3) is 5.95 Å². The van der Waals surface area contributed by atoms with E-state index < -0.39 is 0 Å². The van der Waals surface area contributed by atoms with Gasteiger partial charge >= 0.3 is 0 Å². The summed E-state index contributed by atoms with van der Waals surface area (Å²) < 4.78 is 0.983. The van der Waals surface area contributed by atoms with E-state index in [4.69, 9.17) is 23.1 Å². The van der Waals surface area contributed by atoms with Gasteiger partial charge in [-0.1, -0.05) is 39.7 Å². The molecule has 0 amide bonds. The maximum Gasteiger partial charge on any atom is 0.253 e. The average molecular weight is 377 g/mol. The van der Waals surface area contributed by atoms with E-state index >= 15 is 0 Å². The molecule has 0 aliphatic heterocycles. The quantitative estimate of drug-likeness (QED) is 0.528. The summed E-state index contributed by atoms with van der Waals surface area (Å²) in [6.07, 6.45) is 0. The second-order valence-corrected chi connectivity index (χ2v) is 5.93. The van der Waals surface area contributed by atoms with Crippen molar-refractivity contribution >= 4 is 50.3 Å². The molecule has 0 saturated heterocycles. The monoisotopic (exact) mass is 375 g/mol. The number of hydrogen-bond acceptors (Lipinski definition) is 3. The van der Waals surface area contributed by atoms with Crippen LogP contribution >= 0.6 is 27.5 Å². The van der Waals surface area contributed by atoms with Crippen molar-refractivity contribution in [3.63, 3.8) is 0 Å². The molecule has 0 aliphatic rings. The second kappa shape index (κ2) is 5.90. The Morgan fingerprint density at radius 2 is 1.77 bits per heavy atom. The molecule has 0 saturated carbocycles. The van der Waals surface area contributed by atoms with Crippen LogP contribution in [0.4, 0.5) is 5.95 Å². The molecule has 0 radical (unpaired) electrons. The van der Waals surface area contributed by atoms with Gasteiger partial charge in [0.2, 0.25) is 0 Å². The van der Waals surface area contributed by atoms with Crippen molar-refractivity contribution in [2.75, 3.05) is 0 Å². The third-order valence-electron chi connectivity index (χ3n) is 2.99. The van der Waals surface area contributed by atoms with Crippen molar-refractivity contribution in [1.82, 2.24) is 9.97 Å².